The van der Waals surface area contributed by atoms with E-state index in [9.17, 15) is 4.79 Å². The summed E-state index contributed by atoms with van der Waals surface area (Å²) in [7, 11) is 0. The molecule has 0 aliphatic rings. The highest BCUT2D eigenvalue weighted by molar-refractivity contribution is 5.77. The molecule has 0 aromatic heterocycles. The van der Waals surface area contributed by atoms with Crippen LogP contribution in [0.25, 0.3) is 0 Å². The highest BCUT2D eigenvalue weighted by Gasteiger charge is 1.86. The first-order valence-electron chi connectivity index (χ1n) is 3.05. The molecule has 0 aromatic carbocycles. The molecule has 0 unspecified atom stereocenters. The minimum Gasteiger partial charge on any atom is -0.300 e. The molecule has 0 aromatic rings. The van der Waals surface area contributed by atoms with Gasteiger partial charge in [-0.1, -0.05) is 13.8 Å². The highest BCUT2D eigenvalue weighted by atomic mass is 16.1. The quantitative estimate of drug-likeness (QED) is 0.568. The fraction of sp³-hybridized carbons (Fsp3) is 0.714. The number of hydrogen-bond acceptors (Lipinski definition) is 2. The molecule has 0 bridgehead atoms. The number of ketones is 1. The van der Waals surface area contributed by atoms with Crippen molar-refractivity contribution in [2.45, 2.75) is 33.6 Å². The van der Waals surface area contributed by atoms with E-state index in [1.807, 2.05) is 13.8 Å². The Labute approximate surface area is 56.5 Å². The summed E-state index contributed by atoms with van der Waals surface area (Å²) < 4.78 is 0. The van der Waals surface area contributed by atoms with E-state index >= 15 is 0 Å². The normalized spacial score (nSPS) is 6.44. The monoisotopic (exact) mass is 127 g/mol. The third-order valence-electron chi connectivity index (χ3n) is 0.789. The zero-order valence-electron chi connectivity index (χ0n) is 6.27. The number of rotatable bonds is 2. The molecule has 0 heterocycles. The molecule has 2 heteroatoms. The van der Waals surface area contributed by atoms with Crippen molar-refractivity contribution >= 4 is 5.78 Å². The average Bonchev–Trinajstić information content (AvgIpc) is 1.88. The van der Waals surface area contributed by atoms with Crippen LogP contribution in [0, 0.1) is 11.3 Å². The van der Waals surface area contributed by atoms with E-state index in [0.29, 0.717) is 18.6 Å². The first kappa shape index (κ1) is 11.0. The van der Waals surface area contributed by atoms with E-state index in [1.165, 1.54) is 6.92 Å². The second kappa shape index (κ2) is 10.2. The third-order valence-corrected chi connectivity index (χ3v) is 0.789. The van der Waals surface area contributed by atoms with Crippen molar-refractivity contribution in [3.8, 4) is 6.07 Å². The largest absolute Gasteiger partial charge is 0.300 e. The highest BCUT2D eigenvalue weighted by Crippen LogP contribution is 1.82. The van der Waals surface area contributed by atoms with Gasteiger partial charge in [0, 0.05) is 19.8 Å². The molecule has 0 saturated heterocycles. The minimum absolute atomic E-state index is 0.343. The average molecular weight is 127 g/mol. The van der Waals surface area contributed by atoms with Gasteiger partial charge >= 0.3 is 0 Å². The summed E-state index contributed by atoms with van der Waals surface area (Å²) in [6, 6.07) is 1.75. The van der Waals surface area contributed by atoms with E-state index in [-0.39, 0.29) is 0 Å². The van der Waals surface area contributed by atoms with Gasteiger partial charge in [0.05, 0.1) is 6.07 Å². The van der Waals surface area contributed by atoms with Crippen molar-refractivity contribution in [2.24, 2.45) is 0 Å². The first-order valence-corrected chi connectivity index (χ1v) is 3.05. The van der Waals surface area contributed by atoms with Gasteiger partial charge in [-0.3, -0.25) is 4.79 Å². The second-order valence-electron chi connectivity index (χ2n) is 1.47. The molecule has 0 aliphatic carbocycles. The molecule has 0 radical (unpaired) electrons. The van der Waals surface area contributed by atoms with Crippen molar-refractivity contribution < 1.29 is 4.79 Å². The van der Waals surface area contributed by atoms with Crippen LogP contribution in [-0.4, -0.2) is 5.78 Å². The molecule has 0 atom stereocenters. The Morgan fingerprint density at radius 1 is 1.44 bits per heavy atom. The van der Waals surface area contributed by atoms with Gasteiger partial charge in [-0.2, -0.15) is 5.26 Å². The van der Waals surface area contributed by atoms with E-state index in [4.69, 9.17) is 5.26 Å². The topological polar surface area (TPSA) is 40.9 Å². The van der Waals surface area contributed by atoms with Crippen LogP contribution >= 0.6 is 0 Å². The van der Waals surface area contributed by atoms with E-state index < -0.39 is 0 Å². The van der Waals surface area contributed by atoms with Crippen LogP contribution in [0.5, 0.6) is 0 Å². The molecule has 0 saturated carbocycles. The van der Waals surface area contributed by atoms with Crippen molar-refractivity contribution in [2.75, 3.05) is 0 Å². The van der Waals surface area contributed by atoms with Gasteiger partial charge in [0.1, 0.15) is 5.78 Å². The van der Waals surface area contributed by atoms with Crippen LogP contribution < -0.4 is 0 Å². The Morgan fingerprint density at radius 2 is 1.67 bits per heavy atom. The number of nitriles is 1. The van der Waals surface area contributed by atoms with Crippen molar-refractivity contribution in [3.05, 3.63) is 0 Å². The number of carbonyl (C=O) groups excluding carboxylic acids is 1. The smallest absolute Gasteiger partial charge is 0.132 e. The van der Waals surface area contributed by atoms with Gasteiger partial charge < -0.3 is 0 Å². The van der Waals surface area contributed by atoms with Crippen LogP contribution in [0.15, 0.2) is 0 Å². The summed E-state index contributed by atoms with van der Waals surface area (Å²) in [4.78, 5) is 10.2. The van der Waals surface area contributed by atoms with Crippen molar-refractivity contribution in [1.82, 2.24) is 0 Å². The fourth-order valence-corrected chi connectivity index (χ4v) is 0.250. The number of nitrogens with zero attached hydrogens (tertiary/aromatic N) is 1. The maximum atomic E-state index is 10.2. The SMILES string of the molecule is CC#N.CCC(=O)CC. The van der Waals surface area contributed by atoms with Crippen LogP contribution in [0.3, 0.4) is 0 Å². The molecule has 52 valence electrons. The second-order valence-corrected chi connectivity index (χ2v) is 1.47. The summed E-state index contributed by atoms with van der Waals surface area (Å²) >= 11 is 0. The zero-order chi connectivity index (χ0) is 7.70. The molecule has 0 aliphatic heterocycles. The molecule has 2 nitrogen and oxygen atoms in total. The molecule has 9 heavy (non-hydrogen) atoms. The molecule has 0 N–H and O–H groups in total. The lowest BCUT2D eigenvalue weighted by molar-refractivity contribution is -0.118. The maximum Gasteiger partial charge on any atom is 0.132 e. The van der Waals surface area contributed by atoms with Gasteiger partial charge in [-0.15, -0.1) is 0 Å². The number of Topliss-reactive ketones (excluding diaryl/α,β-unsaturated/α-hetero) is 1. The summed E-state index contributed by atoms with van der Waals surface area (Å²) in [5, 5.41) is 7.32. The lowest BCUT2D eigenvalue weighted by Gasteiger charge is -1.81. The lowest BCUT2D eigenvalue weighted by Crippen LogP contribution is -1.88. The Kier molecular flexibility index (Phi) is 12.5. The van der Waals surface area contributed by atoms with Crippen LogP contribution in [0.2, 0.25) is 0 Å². The van der Waals surface area contributed by atoms with Gasteiger partial charge in [0.15, 0.2) is 0 Å². The van der Waals surface area contributed by atoms with Crippen molar-refractivity contribution in [1.29, 1.82) is 5.26 Å². The van der Waals surface area contributed by atoms with Gasteiger partial charge in [-0.05, 0) is 0 Å². The standard InChI is InChI=1S/C5H10O.C2H3N/c1-3-5(6)4-2;1-2-3/h3-4H2,1-2H3;1H3. The zero-order valence-corrected chi connectivity index (χ0v) is 6.27. The van der Waals surface area contributed by atoms with Gasteiger partial charge in [-0.25, -0.2) is 0 Å². The Bertz CT molecular complexity index is 96.0. The van der Waals surface area contributed by atoms with E-state index in [0.717, 1.165) is 0 Å². The van der Waals surface area contributed by atoms with Gasteiger partial charge in [0.2, 0.25) is 0 Å². The summed E-state index contributed by atoms with van der Waals surface area (Å²) in [6.07, 6.45) is 1.38. The summed E-state index contributed by atoms with van der Waals surface area (Å²) in [6.45, 7) is 5.19. The molecule has 0 spiro atoms. The van der Waals surface area contributed by atoms with E-state index in [2.05, 4.69) is 0 Å². The Hall–Kier alpha value is -0.840. The molecular weight excluding hydrogens is 114 g/mol. The third kappa shape index (κ3) is 19.1. The fourth-order valence-electron chi connectivity index (χ4n) is 0.250. The number of carbonyl (C=O) groups is 1. The number of hydrogen-bond donors (Lipinski definition) is 0. The van der Waals surface area contributed by atoms with Crippen LogP contribution in [0.4, 0.5) is 0 Å². The predicted octanol–water partition coefficient (Wildman–Crippen LogP) is 1.91. The molecule has 0 amide bonds. The summed E-state index contributed by atoms with van der Waals surface area (Å²) in [5.74, 6) is 0.343. The molecule has 0 rings (SSSR count). The molecule has 0 fully saturated rings. The van der Waals surface area contributed by atoms with Gasteiger partial charge in [0.25, 0.3) is 0 Å². The van der Waals surface area contributed by atoms with Crippen LogP contribution in [0.1, 0.15) is 33.6 Å². The predicted molar refractivity (Wildman–Crippen MR) is 36.9 cm³/mol. The Morgan fingerprint density at radius 3 is 1.67 bits per heavy atom. The minimum atomic E-state index is 0.343. The molecular formula is C7H13NO. The Balaban J connectivity index is 0. The first-order chi connectivity index (χ1) is 4.22. The lowest BCUT2D eigenvalue weighted by atomic mass is 10.3. The van der Waals surface area contributed by atoms with E-state index in [1.54, 1.807) is 6.07 Å². The summed E-state index contributed by atoms with van der Waals surface area (Å²) in [5.41, 5.74) is 0. The van der Waals surface area contributed by atoms with Crippen molar-refractivity contribution in [3.63, 3.8) is 0 Å². The van der Waals surface area contributed by atoms with Crippen LogP contribution in [-0.2, 0) is 4.79 Å². The maximum absolute atomic E-state index is 10.2.